The second-order valence-corrected chi connectivity index (χ2v) is 3.79. The van der Waals surface area contributed by atoms with Gasteiger partial charge >= 0.3 is 0 Å². The summed E-state index contributed by atoms with van der Waals surface area (Å²) in [7, 11) is 0. The quantitative estimate of drug-likeness (QED) is 0.672. The molecule has 3 heteroatoms. The van der Waals surface area contributed by atoms with E-state index in [2.05, 4.69) is 17.9 Å². The standard InChI is InChI=1S/C11H20N2O/c1-2-13(8-5-7-12)10-11-6-3-4-9-14-11/h11H,2-6,8-10H2,1H3. The molecule has 0 aromatic carbocycles. The van der Waals surface area contributed by atoms with Crippen molar-refractivity contribution in [2.24, 2.45) is 0 Å². The molecule has 1 unspecified atom stereocenters. The molecule has 0 saturated carbocycles. The number of ether oxygens (including phenoxy) is 1. The van der Waals surface area contributed by atoms with Crippen molar-refractivity contribution >= 4 is 0 Å². The SMILES string of the molecule is CCN(CCC#N)CC1CCCCO1. The minimum Gasteiger partial charge on any atom is -0.377 e. The van der Waals surface area contributed by atoms with Crippen LogP contribution in [-0.2, 0) is 4.74 Å². The van der Waals surface area contributed by atoms with Crippen LogP contribution in [0.1, 0.15) is 32.6 Å². The first kappa shape index (κ1) is 11.5. The van der Waals surface area contributed by atoms with Crippen molar-refractivity contribution in [2.45, 2.75) is 38.7 Å². The third kappa shape index (κ3) is 4.08. The third-order valence-corrected chi connectivity index (χ3v) is 2.72. The highest BCUT2D eigenvalue weighted by Crippen LogP contribution is 2.13. The summed E-state index contributed by atoms with van der Waals surface area (Å²) in [4.78, 5) is 2.30. The Morgan fingerprint density at radius 3 is 2.93 bits per heavy atom. The van der Waals surface area contributed by atoms with E-state index in [-0.39, 0.29) is 0 Å². The topological polar surface area (TPSA) is 36.3 Å². The van der Waals surface area contributed by atoms with E-state index in [1.165, 1.54) is 19.3 Å². The van der Waals surface area contributed by atoms with Gasteiger partial charge in [-0.2, -0.15) is 5.26 Å². The Kier molecular flexibility index (Phi) is 5.58. The van der Waals surface area contributed by atoms with Crippen LogP contribution >= 0.6 is 0 Å². The molecule has 1 aliphatic heterocycles. The minimum atomic E-state index is 0.405. The molecule has 1 heterocycles. The van der Waals surface area contributed by atoms with Gasteiger partial charge in [0.1, 0.15) is 0 Å². The van der Waals surface area contributed by atoms with Crippen molar-refractivity contribution in [2.75, 3.05) is 26.2 Å². The zero-order valence-electron chi connectivity index (χ0n) is 9.04. The van der Waals surface area contributed by atoms with Gasteiger partial charge in [0.05, 0.1) is 12.2 Å². The lowest BCUT2D eigenvalue weighted by Crippen LogP contribution is -2.36. The first-order chi connectivity index (χ1) is 6.86. The van der Waals surface area contributed by atoms with Gasteiger partial charge in [0, 0.05) is 26.1 Å². The van der Waals surface area contributed by atoms with Gasteiger partial charge in [0.25, 0.3) is 0 Å². The van der Waals surface area contributed by atoms with Crippen LogP contribution < -0.4 is 0 Å². The molecule has 80 valence electrons. The van der Waals surface area contributed by atoms with E-state index in [0.29, 0.717) is 12.5 Å². The van der Waals surface area contributed by atoms with Crippen molar-refractivity contribution in [1.29, 1.82) is 5.26 Å². The Balaban J connectivity index is 2.20. The fraction of sp³-hybridized carbons (Fsp3) is 0.909. The minimum absolute atomic E-state index is 0.405. The Hall–Kier alpha value is -0.590. The summed E-state index contributed by atoms with van der Waals surface area (Å²) in [5, 5.41) is 8.51. The maximum Gasteiger partial charge on any atom is 0.0702 e. The van der Waals surface area contributed by atoms with Crippen LogP contribution in [0, 0.1) is 11.3 Å². The highest BCUT2D eigenvalue weighted by Gasteiger charge is 2.16. The molecule has 0 radical (unpaired) electrons. The van der Waals surface area contributed by atoms with Gasteiger partial charge in [-0.25, -0.2) is 0 Å². The largest absolute Gasteiger partial charge is 0.377 e. The predicted octanol–water partition coefficient (Wildman–Crippen LogP) is 1.79. The molecule has 1 fully saturated rings. The van der Waals surface area contributed by atoms with Crippen LogP contribution in [0.3, 0.4) is 0 Å². The highest BCUT2D eigenvalue weighted by molar-refractivity contribution is 4.74. The lowest BCUT2D eigenvalue weighted by Gasteiger charge is -2.28. The second-order valence-electron chi connectivity index (χ2n) is 3.79. The summed E-state index contributed by atoms with van der Waals surface area (Å²) in [5.74, 6) is 0. The van der Waals surface area contributed by atoms with Crippen molar-refractivity contribution in [3.8, 4) is 6.07 Å². The average Bonchev–Trinajstić information content (AvgIpc) is 2.25. The van der Waals surface area contributed by atoms with Crippen molar-refractivity contribution in [1.82, 2.24) is 4.90 Å². The van der Waals surface area contributed by atoms with Gasteiger partial charge in [-0.3, -0.25) is 0 Å². The molecule has 0 bridgehead atoms. The highest BCUT2D eigenvalue weighted by atomic mass is 16.5. The Bertz CT molecular complexity index is 182. The monoisotopic (exact) mass is 196 g/mol. The lowest BCUT2D eigenvalue weighted by atomic mass is 10.1. The van der Waals surface area contributed by atoms with E-state index in [1.807, 2.05) is 0 Å². The van der Waals surface area contributed by atoms with Gasteiger partial charge in [0.2, 0.25) is 0 Å². The van der Waals surface area contributed by atoms with Crippen molar-refractivity contribution in [3.63, 3.8) is 0 Å². The number of hydrogen-bond acceptors (Lipinski definition) is 3. The molecule has 0 spiro atoms. The summed E-state index contributed by atoms with van der Waals surface area (Å²) in [6, 6.07) is 2.19. The Morgan fingerprint density at radius 1 is 1.50 bits per heavy atom. The predicted molar refractivity (Wildman–Crippen MR) is 55.9 cm³/mol. The molecule has 0 amide bonds. The molecule has 1 aliphatic rings. The molecule has 0 aliphatic carbocycles. The summed E-state index contributed by atoms with van der Waals surface area (Å²) < 4.78 is 5.67. The summed E-state index contributed by atoms with van der Waals surface area (Å²) in [5.41, 5.74) is 0. The first-order valence-electron chi connectivity index (χ1n) is 5.57. The average molecular weight is 196 g/mol. The summed E-state index contributed by atoms with van der Waals surface area (Å²) >= 11 is 0. The van der Waals surface area contributed by atoms with Gasteiger partial charge in [-0.1, -0.05) is 6.92 Å². The lowest BCUT2D eigenvalue weighted by molar-refractivity contribution is -0.00450. The van der Waals surface area contributed by atoms with E-state index in [1.54, 1.807) is 0 Å². The van der Waals surface area contributed by atoms with Crippen LogP contribution in [0.25, 0.3) is 0 Å². The number of hydrogen-bond donors (Lipinski definition) is 0. The van der Waals surface area contributed by atoms with Crippen LogP contribution in [-0.4, -0.2) is 37.2 Å². The Morgan fingerprint density at radius 2 is 2.36 bits per heavy atom. The zero-order valence-corrected chi connectivity index (χ0v) is 9.04. The molecule has 1 saturated heterocycles. The number of likely N-dealkylation sites (N-methyl/N-ethyl adjacent to an activating group) is 1. The molecular formula is C11H20N2O. The van der Waals surface area contributed by atoms with E-state index in [9.17, 15) is 0 Å². The van der Waals surface area contributed by atoms with E-state index in [0.717, 1.165) is 26.2 Å². The molecule has 0 N–H and O–H groups in total. The fourth-order valence-electron chi connectivity index (χ4n) is 1.83. The molecule has 0 aromatic heterocycles. The maximum atomic E-state index is 8.51. The van der Waals surface area contributed by atoms with Crippen molar-refractivity contribution < 1.29 is 4.74 Å². The first-order valence-corrected chi connectivity index (χ1v) is 5.57. The van der Waals surface area contributed by atoms with Crippen molar-refractivity contribution in [3.05, 3.63) is 0 Å². The Labute approximate surface area is 86.6 Å². The van der Waals surface area contributed by atoms with Gasteiger partial charge in [-0.05, 0) is 25.8 Å². The van der Waals surface area contributed by atoms with Crippen LogP contribution in [0.4, 0.5) is 0 Å². The third-order valence-electron chi connectivity index (χ3n) is 2.72. The number of rotatable bonds is 5. The molecule has 3 nitrogen and oxygen atoms in total. The van der Waals surface area contributed by atoms with Gasteiger partial charge in [0.15, 0.2) is 0 Å². The molecule has 1 atom stereocenters. The summed E-state index contributed by atoms with van der Waals surface area (Å²) in [6.07, 6.45) is 4.72. The van der Waals surface area contributed by atoms with E-state index in [4.69, 9.17) is 10.00 Å². The van der Waals surface area contributed by atoms with Crippen LogP contribution in [0.5, 0.6) is 0 Å². The van der Waals surface area contributed by atoms with E-state index >= 15 is 0 Å². The van der Waals surface area contributed by atoms with Crippen LogP contribution in [0.2, 0.25) is 0 Å². The smallest absolute Gasteiger partial charge is 0.0702 e. The normalized spacial score (nSPS) is 22.2. The van der Waals surface area contributed by atoms with Crippen LogP contribution in [0.15, 0.2) is 0 Å². The van der Waals surface area contributed by atoms with Gasteiger partial charge < -0.3 is 9.64 Å². The number of nitriles is 1. The second kappa shape index (κ2) is 6.80. The molecule has 14 heavy (non-hydrogen) atoms. The zero-order chi connectivity index (χ0) is 10.2. The number of nitrogens with zero attached hydrogens (tertiary/aromatic N) is 2. The molecule has 1 rings (SSSR count). The fourth-order valence-corrected chi connectivity index (χ4v) is 1.83. The molecule has 0 aromatic rings. The molecular weight excluding hydrogens is 176 g/mol. The maximum absolute atomic E-state index is 8.51. The van der Waals surface area contributed by atoms with E-state index < -0.39 is 0 Å². The summed E-state index contributed by atoms with van der Waals surface area (Å²) in [6.45, 7) is 5.95. The van der Waals surface area contributed by atoms with Gasteiger partial charge in [-0.15, -0.1) is 0 Å².